The Kier molecular flexibility index (Phi) is 7.35. The third-order valence-electron chi connectivity index (χ3n) is 1.60. The first-order chi connectivity index (χ1) is 7.10. The Hall–Kier alpha value is -1.30. The number of ether oxygens (including phenoxy) is 2. The molecule has 0 radical (unpaired) electrons. The van der Waals surface area contributed by atoms with Crippen LogP contribution in [0.2, 0.25) is 0 Å². The van der Waals surface area contributed by atoms with E-state index in [-0.39, 0.29) is 6.42 Å². The van der Waals surface area contributed by atoms with Crippen LogP contribution >= 0.6 is 0 Å². The van der Waals surface area contributed by atoms with E-state index >= 15 is 0 Å². The van der Waals surface area contributed by atoms with Gasteiger partial charge in [0.2, 0.25) is 0 Å². The standard InChI is InChI=1S/C9H17NO5/c1-3-4-5-15-9(13)10-7(11)6-8(12)14-2/h7,11H,3-6H2,1-2H3,(H,10,13). The maximum Gasteiger partial charge on any atom is 0.409 e. The van der Waals surface area contributed by atoms with Crippen LogP contribution in [0.5, 0.6) is 0 Å². The van der Waals surface area contributed by atoms with E-state index in [1.165, 1.54) is 7.11 Å². The van der Waals surface area contributed by atoms with E-state index in [9.17, 15) is 9.59 Å². The summed E-state index contributed by atoms with van der Waals surface area (Å²) >= 11 is 0. The molecule has 0 aromatic rings. The minimum atomic E-state index is -1.27. The Balaban J connectivity index is 3.62. The molecule has 1 amide bonds. The number of aliphatic hydroxyl groups is 1. The molecule has 0 saturated heterocycles. The van der Waals surface area contributed by atoms with Crippen molar-refractivity contribution in [2.75, 3.05) is 13.7 Å². The summed E-state index contributed by atoms with van der Waals surface area (Å²) in [6.45, 7) is 2.26. The van der Waals surface area contributed by atoms with Crippen molar-refractivity contribution in [2.45, 2.75) is 32.4 Å². The second-order valence-corrected chi connectivity index (χ2v) is 2.93. The van der Waals surface area contributed by atoms with E-state index in [0.29, 0.717) is 6.61 Å². The number of rotatable bonds is 6. The lowest BCUT2D eigenvalue weighted by molar-refractivity contribution is -0.143. The normalized spacial score (nSPS) is 11.7. The predicted molar refractivity (Wildman–Crippen MR) is 52.0 cm³/mol. The fourth-order valence-corrected chi connectivity index (χ4v) is 0.779. The van der Waals surface area contributed by atoms with Gasteiger partial charge in [0, 0.05) is 0 Å². The smallest absolute Gasteiger partial charge is 0.409 e. The van der Waals surface area contributed by atoms with Crippen molar-refractivity contribution in [3.05, 3.63) is 0 Å². The summed E-state index contributed by atoms with van der Waals surface area (Å²) in [5.74, 6) is -0.601. The molecule has 0 aliphatic rings. The van der Waals surface area contributed by atoms with Crippen molar-refractivity contribution < 1.29 is 24.2 Å². The number of unbranched alkanes of at least 4 members (excludes halogenated alkanes) is 1. The van der Waals surface area contributed by atoms with Crippen LogP contribution in [0.25, 0.3) is 0 Å². The fourth-order valence-electron chi connectivity index (χ4n) is 0.779. The van der Waals surface area contributed by atoms with E-state index in [0.717, 1.165) is 12.8 Å². The van der Waals surface area contributed by atoms with Crippen molar-refractivity contribution >= 4 is 12.1 Å². The molecule has 6 nitrogen and oxygen atoms in total. The summed E-state index contributed by atoms with van der Waals surface area (Å²) < 4.78 is 9.02. The van der Waals surface area contributed by atoms with Crippen LogP contribution in [-0.2, 0) is 14.3 Å². The topological polar surface area (TPSA) is 84.9 Å². The maximum atomic E-state index is 11.0. The molecule has 0 aliphatic carbocycles. The van der Waals surface area contributed by atoms with E-state index < -0.39 is 18.3 Å². The molecular weight excluding hydrogens is 202 g/mol. The fraction of sp³-hybridized carbons (Fsp3) is 0.778. The zero-order chi connectivity index (χ0) is 11.7. The molecule has 0 fully saturated rings. The lowest BCUT2D eigenvalue weighted by Gasteiger charge is -2.11. The van der Waals surface area contributed by atoms with Gasteiger partial charge in [0.1, 0.15) is 6.23 Å². The average Bonchev–Trinajstić information content (AvgIpc) is 2.17. The van der Waals surface area contributed by atoms with Gasteiger partial charge in [-0.2, -0.15) is 0 Å². The lowest BCUT2D eigenvalue weighted by Crippen LogP contribution is -2.37. The molecule has 88 valence electrons. The molecule has 0 rings (SSSR count). The molecule has 0 aromatic carbocycles. The van der Waals surface area contributed by atoms with Crippen LogP contribution in [-0.4, -0.2) is 37.1 Å². The summed E-state index contributed by atoms with van der Waals surface area (Å²) in [7, 11) is 1.20. The largest absolute Gasteiger partial charge is 0.469 e. The second-order valence-electron chi connectivity index (χ2n) is 2.93. The van der Waals surface area contributed by atoms with Crippen LogP contribution in [0.1, 0.15) is 26.2 Å². The molecule has 0 spiro atoms. The summed E-state index contributed by atoms with van der Waals surface area (Å²) in [5.41, 5.74) is 0. The van der Waals surface area contributed by atoms with Gasteiger partial charge >= 0.3 is 12.1 Å². The molecule has 2 N–H and O–H groups in total. The number of nitrogens with one attached hydrogen (secondary N) is 1. The van der Waals surface area contributed by atoms with Crippen molar-refractivity contribution in [3.8, 4) is 0 Å². The Morgan fingerprint density at radius 1 is 1.47 bits per heavy atom. The number of aliphatic hydroxyl groups excluding tert-OH is 1. The van der Waals surface area contributed by atoms with E-state index in [1.54, 1.807) is 0 Å². The van der Waals surface area contributed by atoms with Crippen molar-refractivity contribution in [1.82, 2.24) is 5.32 Å². The number of methoxy groups -OCH3 is 1. The Morgan fingerprint density at radius 3 is 2.67 bits per heavy atom. The van der Waals surface area contributed by atoms with Gasteiger partial charge in [-0.3, -0.25) is 10.1 Å². The number of amides is 1. The zero-order valence-corrected chi connectivity index (χ0v) is 8.99. The predicted octanol–water partition coefficient (Wildman–Crippen LogP) is 0.394. The average molecular weight is 219 g/mol. The van der Waals surface area contributed by atoms with Crippen molar-refractivity contribution in [2.24, 2.45) is 0 Å². The molecule has 0 aromatic heterocycles. The number of carbonyl (C=O) groups is 2. The summed E-state index contributed by atoms with van der Waals surface area (Å²) in [4.78, 5) is 21.6. The highest BCUT2D eigenvalue weighted by Crippen LogP contribution is 1.93. The Bertz CT molecular complexity index is 207. The van der Waals surface area contributed by atoms with Crippen LogP contribution in [0.3, 0.4) is 0 Å². The molecule has 15 heavy (non-hydrogen) atoms. The number of hydrogen-bond acceptors (Lipinski definition) is 5. The minimum absolute atomic E-state index is 0.292. The first kappa shape index (κ1) is 13.7. The summed E-state index contributed by atoms with van der Waals surface area (Å²) in [6, 6.07) is 0. The number of esters is 1. The van der Waals surface area contributed by atoms with Gasteiger partial charge in [-0.05, 0) is 6.42 Å². The Morgan fingerprint density at radius 2 is 2.13 bits per heavy atom. The minimum Gasteiger partial charge on any atom is -0.469 e. The van der Waals surface area contributed by atoms with Gasteiger partial charge < -0.3 is 14.6 Å². The highest BCUT2D eigenvalue weighted by Gasteiger charge is 2.13. The molecule has 1 atom stereocenters. The van der Waals surface area contributed by atoms with Crippen molar-refractivity contribution in [3.63, 3.8) is 0 Å². The second kappa shape index (κ2) is 8.05. The molecule has 0 bridgehead atoms. The molecule has 0 aliphatic heterocycles. The molecule has 1 unspecified atom stereocenters. The molecular formula is C9H17NO5. The lowest BCUT2D eigenvalue weighted by atomic mass is 10.4. The van der Waals surface area contributed by atoms with E-state index in [1.807, 2.05) is 6.92 Å². The SMILES string of the molecule is CCCCOC(=O)NC(O)CC(=O)OC. The quantitative estimate of drug-likeness (QED) is 0.383. The summed E-state index contributed by atoms with van der Waals surface area (Å²) in [5, 5.41) is 11.3. The van der Waals surface area contributed by atoms with Gasteiger partial charge in [0.25, 0.3) is 0 Å². The molecule has 0 saturated carbocycles. The van der Waals surface area contributed by atoms with E-state index in [2.05, 4.69) is 10.1 Å². The first-order valence-corrected chi connectivity index (χ1v) is 4.78. The third-order valence-corrected chi connectivity index (χ3v) is 1.60. The Labute approximate surface area is 88.6 Å². The van der Waals surface area contributed by atoms with Gasteiger partial charge in [-0.1, -0.05) is 13.3 Å². The monoisotopic (exact) mass is 219 g/mol. The van der Waals surface area contributed by atoms with Gasteiger partial charge in [-0.15, -0.1) is 0 Å². The van der Waals surface area contributed by atoms with Gasteiger partial charge in [-0.25, -0.2) is 4.79 Å². The van der Waals surface area contributed by atoms with E-state index in [4.69, 9.17) is 9.84 Å². The van der Waals surface area contributed by atoms with Crippen LogP contribution < -0.4 is 5.32 Å². The first-order valence-electron chi connectivity index (χ1n) is 4.78. The zero-order valence-electron chi connectivity index (χ0n) is 8.99. The number of carbonyl (C=O) groups excluding carboxylic acids is 2. The van der Waals surface area contributed by atoms with Crippen LogP contribution in [0.15, 0.2) is 0 Å². The summed E-state index contributed by atoms with van der Waals surface area (Å²) in [6.07, 6.45) is -0.621. The van der Waals surface area contributed by atoms with Crippen LogP contribution in [0.4, 0.5) is 4.79 Å². The third kappa shape index (κ3) is 7.75. The molecule has 0 heterocycles. The molecule has 6 heteroatoms. The number of alkyl carbamates (subject to hydrolysis) is 1. The van der Waals surface area contributed by atoms with Gasteiger partial charge in [0.15, 0.2) is 0 Å². The number of hydrogen-bond donors (Lipinski definition) is 2. The highest BCUT2D eigenvalue weighted by molar-refractivity contribution is 5.72. The van der Waals surface area contributed by atoms with Crippen molar-refractivity contribution in [1.29, 1.82) is 0 Å². The van der Waals surface area contributed by atoms with Crippen LogP contribution in [0, 0.1) is 0 Å². The highest BCUT2D eigenvalue weighted by atomic mass is 16.6. The van der Waals surface area contributed by atoms with Gasteiger partial charge in [0.05, 0.1) is 20.1 Å². The maximum absolute atomic E-state index is 11.0.